The summed E-state index contributed by atoms with van der Waals surface area (Å²) < 4.78 is 5.21. The van der Waals surface area contributed by atoms with Gasteiger partial charge in [0.15, 0.2) is 0 Å². The monoisotopic (exact) mass is 362 g/mol. The van der Waals surface area contributed by atoms with E-state index in [-0.39, 0.29) is 6.04 Å². The molecule has 0 aromatic carbocycles. The molecule has 0 aliphatic carbocycles. The van der Waals surface area contributed by atoms with Crippen molar-refractivity contribution < 1.29 is 9.84 Å². The molecule has 2 aliphatic rings. The Kier molecular flexibility index (Phi) is 4.54. The van der Waals surface area contributed by atoms with Gasteiger partial charge in [-0.2, -0.15) is 0 Å². The average molecular weight is 363 g/mol. The molecule has 3 N–H and O–H groups in total. The number of rotatable bonds is 4. The Labute approximate surface area is 152 Å². The second-order valence-electron chi connectivity index (χ2n) is 7.07. The number of piperidine rings is 1. The maximum atomic E-state index is 11.0. The van der Waals surface area contributed by atoms with Crippen LogP contribution in [0.5, 0.6) is 5.88 Å². The highest BCUT2D eigenvalue weighted by molar-refractivity contribution is 6.32. The first-order chi connectivity index (χ1) is 12.1. The lowest BCUT2D eigenvalue weighted by Gasteiger charge is -2.38. The Morgan fingerprint density at radius 2 is 2.08 bits per heavy atom. The van der Waals surface area contributed by atoms with E-state index in [4.69, 9.17) is 22.1 Å². The minimum absolute atomic E-state index is 0.280. The number of ether oxygens (including phenoxy) is 1. The van der Waals surface area contributed by atoms with E-state index in [2.05, 4.69) is 14.9 Å². The predicted molar refractivity (Wildman–Crippen MR) is 96.8 cm³/mol. The number of aromatic nitrogens is 2. The fourth-order valence-electron chi connectivity index (χ4n) is 4.38. The van der Waals surface area contributed by atoms with Gasteiger partial charge in [-0.1, -0.05) is 11.6 Å². The predicted octanol–water partition coefficient (Wildman–Crippen LogP) is 2.28. The van der Waals surface area contributed by atoms with Crippen LogP contribution in [0, 0.1) is 0 Å². The van der Waals surface area contributed by atoms with E-state index in [9.17, 15) is 5.11 Å². The van der Waals surface area contributed by atoms with E-state index in [0.717, 1.165) is 25.7 Å². The first-order valence-electron chi connectivity index (χ1n) is 8.75. The van der Waals surface area contributed by atoms with Crippen LogP contribution in [0.3, 0.4) is 0 Å². The summed E-state index contributed by atoms with van der Waals surface area (Å²) in [6.45, 7) is 0.541. The zero-order valence-electron chi connectivity index (χ0n) is 14.2. The molecule has 2 aliphatic heterocycles. The van der Waals surface area contributed by atoms with Crippen molar-refractivity contribution in [2.24, 2.45) is 5.73 Å². The summed E-state index contributed by atoms with van der Waals surface area (Å²) in [5.74, 6) is 0.481. The van der Waals surface area contributed by atoms with Gasteiger partial charge in [0, 0.05) is 42.5 Å². The molecule has 2 fully saturated rings. The second-order valence-corrected chi connectivity index (χ2v) is 7.48. The largest absolute Gasteiger partial charge is 0.481 e. The molecule has 6 nitrogen and oxygen atoms in total. The number of methoxy groups -OCH3 is 1. The summed E-state index contributed by atoms with van der Waals surface area (Å²) in [5.41, 5.74) is 8.07. The summed E-state index contributed by atoms with van der Waals surface area (Å²) in [4.78, 5) is 11.2. The lowest BCUT2D eigenvalue weighted by molar-refractivity contribution is 0.0571. The fourth-order valence-corrected chi connectivity index (χ4v) is 4.65. The van der Waals surface area contributed by atoms with Crippen LogP contribution in [0.25, 0.3) is 11.0 Å². The zero-order chi connectivity index (χ0) is 17.6. The van der Waals surface area contributed by atoms with Crippen molar-refractivity contribution in [2.75, 3.05) is 13.7 Å². The standard InChI is InChI=1S/C18H23ClN4O2/c1-25-16-5-4-14-18(22-16)17(13(19)8-21-14)15(24)9-23-11-2-3-12(23)7-10(20)6-11/h4-5,8,10-12,15,24H,2-3,6-7,9,20H2,1H3. The molecule has 25 heavy (non-hydrogen) atoms. The topological polar surface area (TPSA) is 84.5 Å². The Bertz CT molecular complexity index is 773. The summed E-state index contributed by atoms with van der Waals surface area (Å²) in [6.07, 6.45) is 5.16. The molecule has 0 radical (unpaired) electrons. The maximum absolute atomic E-state index is 11.0. The Balaban J connectivity index is 1.66. The van der Waals surface area contributed by atoms with Gasteiger partial charge in [0.05, 0.1) is 23.8 Å². The summed E-state index contributed by atoms with van der Waals surface area (Å²) in [7, 11) is 1.57. The van der Waals surface area contributed by atoms with E-state index >= 15 is 0 Å². The molecule has 2 bridgehead atoms. The number of aliphatic hydroxyl groups excluding tert-OH is 1. The Hall–Kier alpha value is -1.47. The van der Waals surface area contributed by atoms with Crippen molar-refractivity contribution in [3.63, 3.8) is 0 Å². The number of hydrogen-bond acceptors (Lipinski definition) is 6. The molecule has 7 heteroatoms. The van der Waals surface area contributed by atoms with Crippen LogP contribution in [0.1, 0.15) is 37.4 Å². The lowest BCUT2D eigenvalue weighted by atomic mass is 9.97. The van der Waals surface area contributed by atoms with Crippen molar-refractivity contribution >= 4 is 22.6 Å². The highest BCUT2D eigenvalue weighted by Crippen LogP contribution is 2.38. The van der Waals surface area contributed by atoms with Crippen LogP contribution in [0.4, 0.5) is 0 Å². The van der Waals surface area contributed by atoms with Crippen LogP contribution in [-0.2, 0) is 0 Å². The van der Waals surface area contributed by atoms with Crippen molar-refractivity contribution in [3.8, 4) is 5.88 Å². The molecule has 2 aromatic rings. The number of nitrogens with two attached hydrogens (primary N) is 1. The number of hydrogen-bond donors (Lipinski definition) is 2. The van der Waals surface area contributed by atoms with E-state index in [1.165, 1.54) is 0 Å². The van der Waals surface area contributed by atoms with Gasteiger partial charge in [0.25, 0.3) is 0 Å². The molecule has 4 rings (SSSR count). The first-order valence-corrected chi connectivity index (χ1v) is 9.13. The molecular weight excluding hydrogens is 340 g/mol. The molecule has 3 unspecified atom stereocenters. The van der Waals surface area contributed by atoms with Crippen molar-refractivity contribution in [3.05, 3.63) is 28.9 Å². The Morgan fingerprint density at radius 1 is 1.36 bits per heavy atom. The third-order valence-electron chi connectivity index (χ3n) is 5.52. The van der Waals surface area contributed by atoms with Crippen LogP contribution in [0.2, 0.25) is 5.02 Å². The van der Waals surface area contributed by atoms with Gasteiger partial charge >= 0.3 is 0 Å². The molecule has 2 saturated heterocycles. The third kappa shape index (κ3) is 3.08. The number of fused-ring (bicyclic) bond motifs is 3. The highest BCUT2D eigenvalue weighted by Gasteiger charge is 2.40. The maximum Gasteiger partial charge on any atom is 0.213 e. The van der Waals surface area contributed by atoms with Gasteiger partial charge in [0.2, 0.25) is 5.88 Å². The molecule has 0 saturated carbocycles. The van der Waals surface area contributed by atoms with Crippen LogP contribution in [0.15, 0.2) is 18.3 Å². The SMILES string of the molecule is COc1ccc2ncc(Cl)c(C(O)CN3C4CCC3CC(N)C4)c2n1. The van der Waals surface area contributed by atoms with Gasteiger partial charge in [-0.15, -0.1) is 0 Å². The summed E-state index contributed by atoms with van der Waals surface area (Å²) in [6, 6.07) is 4.78. The van der Waals surface area contributed by atoms with Gasteiger partial charge < -0.3 is 15.6 Å². The van der Waals surface area contributed by atoms with E-state index in [1.807, 2.05) is 6.07 Å². The Morgan fingerprint density at radius 3 is 2.76 bits per heavy atom. The van der Waals surface area contributed by atoms with E-state index in [0.29, 0.717) is 46.1 Å². The number of aliphatic hydroxyl groups is 1. The smallest absolute Gasteiger partial charge is 0.213 e. The zero-order valence-corrected chi connectivity index (χ0v) is 15.0. The third-order valence-corrected chi connectivity index (χ3v) is 5.83. The number of pyridine rings is 2. The molecule has 134 valence electrons. The van der Waals surface area contributed by atoms with Gasteiger partial charge in [-0.05, 0) is 31.7 Å². The van der Waals surface area contributed by atoms with Crippen LogP contribution >= 0.6 is 11.6 Å². The molecule has 0 spiro atoms. The summed E-state index contributed by atoms with van der Waals surface area (Å²) >= 11 is 6.38. The van der Waals surface area contributed by atoms with Crippen molar-refractivity contribution in [1.29, 1.82) is 0 Å². The lowest BCUT2D eigenvalue weighted by Crippen LogP contribution is -2.48. The van der Waals surface area contributed by atoms with Crippen molar-refractivity contribution in [2.45, 2.75) is 49.9 Å². The normalized spacial score (nSPS) is 27.6. The number of nitrogens with zero attached hydrogens (tertiary/aromatic N) is 3. The summed E-state index contributed by atoms with van der Waals surface area (Å²) in [5, 5.41) is 11.4. The van der Waals surface area contributed by atoms with Gasteiger partial charge in [-0.25, -0.2) is 4.98 Å². The molecular formula is C18H23ClN4O2. The molecule has 2 aromatic heterocycles. The second kappa shape index (κ2) is 6.68. The average Bonchev–Trinajstić information content (AvgIpc) is 2.83. The van der Waals surface area contributed by atoms with Crippen molar-refractivity contribution in [1.82, 2.24) is 14.9 Å². The van der Waals surface area contributed by atoms with E-state index < -0.39 is 6.10 Å². The molecule has 3 atom stereocenters. The molecule has 4 heterocycles. The van der Waals surface area contributed by atoms with Crippen LogP contribution < -0.4 is 10.5 Å². The number of halogens is 1. The quantitative estimate of drug-likeness (QED) is 0.868. The van der Waals surface area contributed by atoms with E-state index in [1.54, 1.807) is 19.4 Å². The van der Waals surface area contributed by atoms with Gasteiger partial charge in [-0.3, -0.25) is 9.88 Å². The minimum atomic E-state index is -0.727. The molecule has 0 amide bonds. The van der Waals surface area contributed by atoms with Gasteiger partial charge in [0.1, 0.15) is 5.52 Å². The van der Waals surface area contributed by atoms with Crippen LogP contribution in [-0.4, -0.2) is 51.8 Å². The highest BCUT2D eigenvalue weighted by atomic mass is 35.5. The first kappa shape index (κ1) is 17.0. The fraction of sp³-hybridized carbons (Fsp3) is 0.556. The minimum Gasteiger partial charge on any atom is -0.481 e.